The molecule has 2 atom stereocenters. The molecule has 3 N–H and O–H groups in total. The van der Waals surface area contributed by atoms with E-state index in [2.05, 4.69) is 6.92 Å². The molecule has 1 heterocycles. The van der Waals surface area contributed by atoms with Gasteiger partial charge in [-0.05, 0) is 24.5 Å². The van der Waals surface area contributed by atoms with Gasteiger partial charge in [-0.1, -0.05) is 25.8 Å². The van der Waals surface area contributed by atoms with Crippen LogP contribution in [-0.2, 0) is 9.59 Å². The maximum absolute atomic E-state index is 12.6. The quantitative estimate of drug-likeness (QED) is 0.554. The van der Waals surface area contributed by atoms with Crippen LogP contribution in [0.1, 0.15) is 32.6 Å². The van der Waals surface area contributed by atoms with Gasteiger partial charge in [-0.25, -0.2) is 5.48 Å². The predicted molar refractivity (Wildman–Crippen MR) is 81.5 cm³/mol. The van der Waals surface area contributed by atoms with Crippen molar-refractivity contribution in [2.45, 2.75) is 32.6 Å². The second kappa shape index (κ2) is 7.26. The molecule has 1 fully saturated rings. The number of phenols is 1. The number of hydrogen-bond acceptors (Lipinski definition) is 4. The Kier molecular flexibility index (Phi) is 5.38. The van der Waals surface area contributed by atoms with Gasteiger partial charge in [0.15, 0.2) is 0 Å². The molecule has 1 aromatic carbocycles. The average Bonchev–Trinajstić information content (AvgIpc) is 2.82. The SMILES string of the molecule is CCCCC1CN(c2cccc(O)c2)C(=O)C1CC(=O)NO. The van der Waals surface area contributed by atoms with Crippen LogP contribution in [0.3, 0.4) is 0 Å². The van der Waals surface area contributed by atoms with E-state index >= 15 is 0 Å². The van der Waals surface area contributed by atoms with Crippen LogP contribution < -0.4 is 10.4 Å². The highest BCUT2D eigenvalue weighted by atomic mass is 16.5. The first-order chi connectivity index (χ1) is 10.6. The average molecular weight is 306 g/mol. The molecule has 0 aromatic heterocycles. The van der Waals surface area contributed by atoms with Crippen LogP contribution in [0.2, 0.25) is 0 Å². The summed E-state index contributed by atoms with van der Waals surface area (Å²) in [5.41, 5.74) is 2.24. The van der Waals surface area contributed by atoms with E-state index in [1.807, 2.05) is 0 Å². The summed E-state index contributed by atoms with van der Waals surface area (Å²) in [6.07, 6.45) is 2.86. The number of amides is 2. The maximum Gasteiger partial charge on any atom is 0.244 e. The Morgan fingerprint density at radius 2 is 2.23 bits per heavy atom. The van der Waals surface area contributed by atoms with E-state index < -0.39 is 11.8 Å². The zero-order valence-electron chi connectivity index (χ0n) is 12.7. The lowest BCUT2D eigenvalue weighted by Gasteiger charge is -2.16. The van der Waals surface area contributed by atoms with E-state index in [0.717, 1.165) is 19.3 Å². The highest BCUT2D eigenvalue weighted by Crippen LogP contribution is 2.35. The lowest BCUT2D eigenvalue weighted by molar-refractivity contribution is -0.133. The Morgan fingerprint density at radius 3 is 2.86 bits per heavy atom. The van der Waals surface area contributed by atoms with E-state index in [-0.39, 0.29) is 24.0 Å². The van der Waals surface area contributed by atoms with Gasteiger partial charge in [0.1, 0.15) is 5.75 Å². The van der Waals surface area contributed by atoms with Crippen molar-refractivity contribution in [1.29, 1.82) is 0 Å². The molecule has 1 aliphatic heterocycles. The molecule has 0 aliphatic carbocycles. The fourth-order valence-corrected chi connectivity index (χ4v) is 3.01. The van der Waals surface area contributed by atoms with Gasteiger partial charge >= 0.3 is 0 Å². The number of phenolic OH excluding ortho intramolecular Hbond substituents is 1. The Bertz CT molecular complexity index is 547. The molecular formula is C16H22N2O4. The third kappa shape index (κ3) is 3.57. The summed E-state index contributed by atoms with van der Waals surface area (Å²) in [6.45, 7) is 2.62. The summed E-state index contributed by atoms with van der Waals surface area (Å²) >= 11 is 0. The Labute approximate surface area is 129 Å². The smallest absolute Gasteiger partial charge is 0.244 e. The normalized spacial score (nSPS) is 21.2. The van der Waals surface area contributed by atoms with Gasteiger partial charge in [-0.3, -0.25) is 14.8 Å². The van der Waals surface area contributed by atoms with E-state index in [9.17, 15) is 14.7 Å². The number of anilines is 1. The minimum Gasteiger partial charge on any atom is -0.508 e. The number of nitrogens with zero attached hydrogens (tertiary/aromatic N) is 1. The minimum atomic E-state index is -0.544. The van der Waals surface area contributed by atoms with E-state index in [1.54, 1.807) is 34.6 Å². The molecule has 2 amide bonds. The van der Waals surface area contributed by atoms with Gasteiger partial charge in [0, 0.05) is 24.7 Å². The topological polar surface area (TPSA) is 89.9 Å². The minimum absolute atomic E-state index is 0.0149. The largest absolute Gasteiger partial charge is 0.508 e. The van der Waals surface area contributed by atoms with Crippen LogP contribution >= 0.6 is 0 Å². The molecule has 0 saturated carbocycles. The number of hydroxylamine groups is 1. The van der Waals surface area contributed by atoms with Crippen molar-refractivity contribution in [3.05, 3.63) is 24.3 Å². The van der Waals surface area contributed by atoms with Crippen molar-refractivity contribution in [2.75, 3.05) is 11.4 Å². The van der Waals surface area contributed by atoms with Gasteiger partial charge < -0.3 is 10.0 Å². The van der Waals surface area contributed by atoms with Gasteiger partial charge in [-0.15, -0.1) is 0 Å². The monoisotopic (exact) mass is 306 g/mol. The van der Waals surface area contributed by atoms with Crippen LogP contribution in [0.15, 0.2) is 24.3 Å². The van der Waals surface area contributed by atoms with Crippen LogP contribution in [0, 0.1) is 11.8 Å². The predicted octanol–water partition coefficient (Wildman–Crippen LogP) is 2.06. The molecule has 0 spiro atoms. The Hall–Kier alpha value is -2.08. The van der Waals surface area contributed by atoms with Crippen molar-refractivity contribution in [3.8, 4) is 5.75 Å². The number of hydrogen-bond donors (Lipinski definition) is 3. The molecule has 0 bridgehead atoms. The fraction of sp³-hybridized carbons (Fsp3) is 0.500. The molecule has 22 heavy (non-hydrogen) atoms. The molecule has 0 radical (unpaired) electrons. The van der Waals surface area contributed by atoms with Gasteiger partial charge in [0.2, 0.25) is 11.8 Å². The molecule has 1 aromatic rings. The van der Waals surface area contributed by atoms with Crippen LogP contribution in [-0.4, -0.2) is 28.7 Å². The molecule has 6 nitrogen and oxygen atoms in total. The summed E-state index contributed by atoms with van der Waals surface area (Å²) < 4.78 is 0. The Balaban J connectivity index is 2.20. The molecule has 120 valence electrons. The molecule has 2 unspecified atom stereocenters. The van der Waals surface area contributed by atoms with E-state index in [4.69, 9.17) is 5.21 Å². The summed E-state index contributed by atoms with van der Waals surface area (Å²) in [5, 5.41) is 18.3. The number of unbranched alkanes of at least 4 members (excludes halogenated alkanes) is 1. The Morgan fingerprint density at radius 1 is 1.45 bits per heavy atom. The van der Waals surface area contributed by atoms with Crippen molar-refractivity contribution in [1.82, 2.24) is 5.48 Å². The van der Waals surface area contributed by atoms with Crippen LogP contribution in [0.5, 0.6) is 5.75 Å². The van der Waals surface area contributed by atoms with E-state index in [0.29, 0.717) is 12.2 Å². The fourth-order valence-electron chi connectivity index (χ4n) is 3.01. The maximum atomic E-state index is 12.6. The third-order valence-electron chi connectivity index (χ3n) is 4.17. The van der Waals surface area contributed by atoms with Crippen molar-refractivity contribution in [2.24, 2.45) is 11.8 Å². The van der Waals surface area contributed by atoms with Crippen molar-refractivity contribution >= 4 is 17.5 Å². The van der Waals surface area contributed by atoms with Crippen LogP contribution in [0.25, 0.3) is 0 Å². The molecule has 1 aliphatic rings. The summed E-state index contributed by atoms with van der Waals surface area (Å²) in [7, 11) is 0. The lowest BCUT2D eigenvalue weighted by Crippen LogP contribution is -2.30. The summed E-state index contributed by atoms with van der Waals surface area (Å²) in [4.78, 5) is 25.7. The third-order valence-corrected chi connectivity index (χ3v) is 4.17. The van der Waals surface area contributed by atoms with Crippen LogP contribution in [0.4, 0.5) is 5.69 Å². The summed E-state index contributed by atoms with van der Waals surface area (Å²) in [5.74, 6) is -0.923. The number of carbonyl (C=O) groups excluding carboxylic acids is 2. The molecule has 2 rings (SSSR count). The standard InChI is InChI=1S/C16H22N2O4/c1-2-3-5-11-10-18(12-6-4-7-13(19)8-12)16(21)14(11)9-15(20)17-22/h4,6-8,11,14,19,22H,2-3,5,9-10H2,1H3,(H,17,20). The van der Waals surface area contributed by atoms with Gasteiger partial charge in [-0.2, -0.15) is 0 Å². The second-order valence-electron chi connectivity index (χ2n) is 5.72. The van der Waals surface area contributed by atoms with Crippen molar-refractivity contribution in [3.63, 3.8) is 0 Å². The first-order valence-corrected chi connectivity index (χ1v) is 7.60. The zero-order valence-corrected chi connectivity index (χ0v) is 12.7. The molecule has 1 saturated heterocycles. The van der Waals surface area contributed by atoms with Crippen molar-refractivity contribution < 1.29 is 19.9 Å². The number of nitrogens with one attached hydrogen (secondary N) is 1. The first-order valence-electron chi connectivity index (χ1n) is 7.60. The highest BCUT2D eigenvalue weighted by Gasteiger charge is 2.41. The first kappa shape index (κ1) is 16.3. The van der Waals surface area contributed by atoms with Gasteiger partial charge in [0.25, 0.3) is 0 Å². The highest BCUT2D eigenvalue weighted by molar-refractivity contribution is 5.99. The zero-order chi connectivity index (χ0) is 16.1. The number of aromatic hydroxyl groups is 1. The molecular weight excluding hydrogens is 284 g/mol. The number of carbonyl (C=O) groups is 2. The molecule has 6 heteroatoms. The summed E-state index contributed by atoms with van der Waals surface area (Å²) in [6, 6.07) is 6.55. The lowest BCUT2D eigenvalue weighted by atomic mass is 9.88. The van der Waals surface area contributed by atoms with E-state index in [1.165, 1.54) is 0 Å². The number of benzene rings is 1. The van der Waals surface area contributed by atoms with Gasteiger partial charge in [0.05, 0.1) is 5.92 Å². The second-order valence-corrected chi connectivity index (χ2v) is 5.72. The number of rotatable bonds is 6.